The van der Waals surface area contributed by atoms with Gasteiger partial charge < -0.3 is 14.2 Å². The van der Waals surface area contributed by atoms with Gasteiger partial charge in [-0.1, -0.05) is 0 Å². The lowest BCUT2D eigenvalue weighted by Gasteiger charge is -2.08. The molecule has 0 fully saturated rings. The number of nitrogens with zero attached hydrogens (tertiary/aromatic N) is 2. The van der Waals surface area contributed by atoms with Crippen molar-refractivity contribution in [2.75, 3.05) is 33.2 Å². The number of anilines is 1. The monoisotopic (exact) mass is 481 g/mol. The molecule has 0 saturated carbocycles. The molecule has 1 aromatic heterocycles. The standard InChI is InChI=1S/C23H19N3O7S/c1-26-20(28)14-6-4-12(8-15(14)21(26)29)22(30)33-10-19(27)25-23-24-17(11-34-23)16-9-13(31-2)5-7-18(16)32-3/h4-9,11H,10H2,1-3H3,(H,24,25,27). The number of thiazole rings is 1. The van der Waals surface area contributed by atoms with Crippen LogP contribution < -0.4 is 14.8 Å². The molecule has 0 saturated heterocycles. The van der Waals surface area contributed by atoms with Crippen LogP contribution in [0.3, 0.4) is 0 Å². The Kier molecular flexibility index (Phi) is 6.28. The van der Waals surface area contributed by atoms with Crippen LogP contribution in [0, 0.1) is 0 Å². The second kappa shape index (κ2) is 9.32. The van der Waals surface area contributed by atoms with Crippen LogP contribution in [0.2, 0.25) is 0 Å². The van der Waals surface area contributed by atoms with Gasteiger partial charge >= 0.3 is 5.97 Å². The minimum Gasteiger partial charge on any atom is -0.497 e. The highest BCUT2D eigenvalue weighted by Gasteiger charge is 2.33. The third-order valence-electron chi connectivity index (χ3n) is 5.09. The van der Waals surface area contributed by atoms with Gasteiger partial charge in [0.15, 0.2) is 11.7 Å². The lowest BCUT2D eigenvalue weighted by Crippen LogP contribution is -2.24. The summed E-state index contributed by atoms with van der Waals surface area (Å²) in [5.41, 5.74) is 1.67. The smallest absolute Gasteiger partial charge is 0.338 e. The molecule has 1 aliphatic heterocycles. The number of ether oxygens (including phenoxy) is 3. The molecule has 3 amide bonds. The predicted molar refractivity (Wildman–Crippen MR) is 122 cm³/mol. The molecule has 4 rings (SSSR count). The Morgan fingerprint density at radius 3 is 2.50 bits per heavy atom. The molecular formula is C23H19N3O7S. The van der Waals surface area contributed by atoms with Crippen molar-refractivity contribution in [3.05, 3.63) is 58.5 Å². The summed E-state index contributed by atoms with van der Waals surface area (Å²) in [5.74, 6) is -1.09. The number of imide groups is 1. The molecule has 0 spiro atoms. The van der Waals surface area contributed by atoms with Crippen LogP contribution in [-0.4, -0.2) is 61.4 Å². The van der Waals surface area contributed by atoms with Gasteiger partial charge in [-0.25, -0.2) is 9.78 Å². The molecule has 174 valence electrons. The largest absolute Gasteiger partial charge is 0.497 e. The zero-order valence-corrected chi connectivity index (χ0v) is 19.2. The van der Waals surface area contributed by atoms with Gasteiger partial charge in [0.1, 0.15) is 11.5 Å². The summed E-state index contributed by atoms with van der Waals surface area (Å²) in [6, 6.07) is 9.34. The first-order valence-electron chi connectivity index (χ1n) is 9.93. The van der Waals surface area contributed by atoms with E-state index in [0.29, 0.717) is 27.9 Å². The number of hydrogen-bond donors (Lipinski definition) is 1. The SMILES string of the molecule is COc1ccc(OC)c(-c2csc(NC(=O)COC(=O)c3ccc4c(c3)C(=O)N(C)C4=O)n2)c1. The molecule has 0 radical (unpaired) electrons. The first kappa shape index (κ1) is 22.9. The summed E-state index contributed by atoms with van der Waals surface area (Å²) in [5, 5.41) is 4.64. The van der Waals surface area contributed by atoms with E-state index in [4.69, 9.17) is 14.2 Å². The summed E-state index contributed by atoms with van der Waals surface area (Å²) < 4.78 is 15.7. The molecule has 2 heterocycles. The van der Waals surface area contributed by atoms with Crippen molar-refractivity contribution in [3.8, 4) is 22.8 Å². The van der Waals surface area contributed by atoms with E-state index in [9.17, 15) is 19.2 Å². The van der Waals surface area contributed by atoms with Crippen LogP contribution in [0.25, 0.3) is 11.3 Å². The van der Waals surface area contributed by atoms with Crippen LogP contribution in [0.1, 0.15) is 31.1 Å². The van der Waals surface area contributed by atoms with Gasteiger partial charge in [-0.3, -0.25) is 24.6 Å². The maximum absolute atomic E-state index is 12.3. The Labute approximate surface area is 198 Å². The number of amides is 3. The minimum absolute atomic E-state index is 0.0599. The second-order valence-electron chi connectivity index (χ2n) is 7.16. The number of hydrogen-bond acceptors (Lipinski definition) is 9. The minimum atomic E-state index is -0.798. The average molecular weight is 481 g/mol. The fourth-order valence-electron chi connectivity index (χ4n) is 3.33. The third-order valence-corrected chi connectivity index (χ3v) is 5.85. The van der Waals surface area contributed by atoms with Gasteiger partial charge in [0, 0.05) is 18.0 Å². The van der Waals surface area contributed by atoms with Crippen LogP contribution in [-0.2, 0) is 9.53 Å². The molecule has 2 aromatic carbocycles. The number of carbonyl (C=O) groups is 4. The van der Waals surface area contributed by atoms with Crippen molar-refractivity contribution in [2.24, 2.45) is 0 Å². The number of aromatic nitrogens is 1. The van der Waals surface area contributed by atoms with Gasteiger partial charge in [-0.05, 0) is 36.4 Å². The summed E-state index contributed by atoms with van der Waals surface area (Å²) in [6.07, 6.45) is 0. The second-order valence-corrected chi connectivity index (χ2v) is 8.02. The van der Waals surface area contributed by atoms with Crippen molar-refractivity contribution in [3.63, 3.8) is 0 Å². The van der Waals surface area contributed by atoms with Crippen molar-refractivity contribution in [1.29, 1.82) is 0 Å². The average Bonchev–Trinajstić information content (AvgIpc) is 3.40. The first-order chi connectivity index (χ1) is 16.3. The van der Waals surface area contributed by atoms with Crippen LogP contribution in [0.5, 0.6) is 11.5 Å². The van der Waals surface area contributed by atoms with E-state index in [1.807, 2.05) is 0 Å². The zero-order chi connectivity index (χ0) is 24.4. The van der Waals surface area contributed by atoms with E-state index < -0.39 is 30.3 Å². The van der Waals surface area contributed by atoms with Gasteiger partial charge in [0.25, 0.3) is 17.7 Å². The third kappa shape index (κ3) is 4.33. The molecule has 11 heteroatoms. The zero-order valence-electron chi connectivity index (χ0n) is 18.4. The first-order valence-corrected chi connectivity index (χ1v) is 10.8. The van der Waals surface area contributed by atoms with Crippen LogP contribution >= 0.6 is 11.3 Å². The van der Waals surface area contributed by atoms with E-state index in [0.717, 1.165) is 4.90 Å². The number of methoxy groups -OCH3 is 2. The topological polar surface area (TPSA) is 124 Å². The highest BCUT2D eigenvalue weighted by atomic mass is 32.1. The van der Waals surface area contributed by atoms with Gasteiger partial charge in [0.2, 0.25) is 0 Å². The number of carbonyl (C=O) groups excluding carboxylic acids is 4. The van der Waals surface area contributed by atoms with Crippen molar-refractivity contribution >= 4 is 40.2 Å². The van der Waals surface area contributed by atoms with E-state index in [1.165, 1.54) is 36.6 Å². The molecular weight excluding hydrogens is 462 g/mol. The summed E-state index contributed by atoms with van der Waals surface area (Å²) in [4.78, 5) is 54.0. The van der Waals surface area contributed by atoms with Crippen LogP contribution in [0.4, 0.5) is 5.13 Å². The molecule has 0 atom stereocenters. The van der Waals surface area contributed by atoms with E-state index in [1.54, 1.807) is 37.8 Å². The normalized spacial score (nSPS) is 12.4. The molecule has 3 aromatic rings. The predicted octanol–water partition coefficient (Wildman–Crippen LogP) is 2.85. The van der Waals surface area contributed by atoms with E-state index in [2.05, 4.69) is 10.3 Å². The van der Waals surface area contributed by atoms with E-state index >= 15 is 0 Å². The van der Waals surface area contributed by atoms with Gasteiger partial charge in [-0.15, -0.1) is 11.3 Å². The number of benzene rings is 2. The number of nitrogens with one attached hydrogen (secondary N) is 1. The lowest BCUT2D eigenvalue weighted by molar-refractivity contribution is -0.119. The Bertz CT molecular complexity index is 1320. The summed E-state index contributed by atoms with van der Waals surface area (Å²) in [6.45, 7) is -0.555. The Morgan fingerprint density at radius 2 is 1.76 bits per heavy atom. The quantitative estimate of drug-likeness (QED) is 0.404. The number of esters is 1. The highest BCUT2D eigenvalue weighted by Crippen LogP contribution is 2.35. The summed E-state index contributed by atoms with van der Waals surface area (Å²) >= 11 is 1.20. The van der Waals surface area contributed by atoms with E-state index in [-0.39, 0.29) is 16.7 Å². The van der Waals surface area contributed by atoms with Crippen molar-refractivity contribution in [1.82, 2.24) is 9.88 Å². The molecule has 0 aliphatic carbocycles. The molecule has 1 N–H and O–H groups in total. The Hall–Kier alpha value is -4.25. The number of fused-ring (bicyclic) bond motifs is 1. The molecule has 1 aliphatic rings. The Balaban J connectivity index is 1.39. The lowest BCUT2D eigenvalue weighted by atomic mass is 10.1. The van der Waals surface area contributed by atoms with Crippen molar-refractivity contribution < 1.29 is 33.4 Å². The fourth-order valence-corrected chi connectivity index (χ4v) is 4.05. The summed E-state index contributed by atoms with van der Waals surface area (Å²) in [7, 11) is 4.46. The van der Waals surface area contributed by atoms with Crippen LogP contribution in [0.15, 0.2) is 41.8 Å². The Morgan fingerprint density at radius 1 is 1.00 bits per heavy atom. The van der Waals surface area contributed by atoms with Crippen molar-refractivity contribution in [2.45, 2.75) is 0 Å². The maximum Gasteiger partial charge on any atom is 0.338 e. The molecule has 34 heavy (non-hydrogen) atoms. The highest BCUT2D eigenvalue weighted by molar-refractivity contribution is 7.14. The molecule has 0 bridgehead atoms. The molecule has 10 nitrogen and oxygen atoms in total. The van der Waals surface area contributed by atoms with Gasteiger partial charge in [0.05, 0.1) is 36.6 Å². The van der Waals surface area contributed by atoms with Gasteiger partial charge in [-0.2, -0.15) is 0 Å². The molecule has 0 unspecified atom stereocenters. The fraction of sp³-hybridized carbons (Fsp3) is 0.174. The maximum atomic E-state index is 12.3. The number of rotatable bonds is 7.